The van der Waals surface area contributed by atoms with Crippen molar-refractivity contribution in [3.05, 3.63) is 103 Å². The van der Waals surface area contributed by atoms with Gasteiger partial charge >= 0.3 is 0 Å². The summed E-state index contributed by atoms with van der Waals surface area (Å²) in [6, 6.07) is 37.7. The smallest absolute Gasteiger partial charge is 0.0548 e. The first-order valence-corrected chi connectivity index (χ1v) is 12.1. The Labute approximate surface area is 202 Å². The van der Waals surface area contributed by atoms with Crippen LogP contribution >= 0.6 is 0 Å². The lowest BCUT2D eigenvalue weighted by atomic mass is 10.1. The molecule has 0 amide bonds. The summed E-state index contributed by atoms with van der Waals surface area (Å²) in [5.41, 5.74) is 8.76. The van der Waals surface area contributed by atoms with Crippen molar-refractivity contribution in [2.45, 2.75) is 0 Å². The molecule has 8 aromatic rings. The lowest BCUT2D eigenvalue weighted by molar-refractivity contribution is 1.01. The maximum atomic E-state index is 2.40. The predicted octanol–water partition coefficient (Wildman–Crippen LogP) is 8.07. The van der Waals surface area contributed by atoms with E-state index in [1.165, 1.54) is 71.1 Å². The zero-order chi connectivity index (χ0) is 23.3. The molecule has 0 radical (unpaired) electrons. The van der Waals surface area contributed by atoms with Gasteiger partial charge in [-0.1, -0.05) is 54.6 Å². The standard InChI is InChI=1S/C32H23N3/c1-33-27-14-8-6-12-21(27)23-16-30-25(18-29(23)33)26-19-32-24(17-31(26)34(30)2)22-13-7-9-15-28(22)35(32)20-10-4-3-5-11-20/h3-19H,1-2H3. The Morgan fingerprint density at radius 3 is 1.46 bits per heavy atom. The number of aryl methyl sites for hydroxylation is 2. The number of aromatic nitrogens is 3. The van der Waals surface area contributed by atoms with Gasteiger partial charge in [0, 0.05) is 74.2 Å². The van der Waals surface area contributed by atoms with Crippen LogP contribution in [-0.4, -0.2) is 13.7 Å². The molecule has 0 fully saturated rings. The monoisotopic (exact) mass is 449 g/mol. The van der Waals surface area contributed by atoms with Crippen LogP contribution in [0.15, 0.2) is 103 Å². The summed E-state index contributed by atoms with van der Waals surface area (Å²) in [7, 11) is 4.37. The molecule has 0 saturated heterocycles. The van der Waals surface area contributed by atoms with E-state index in [1.807, 2.05) is 0 Å². The van der Waals surface area contributed by atoms with Crippen molar-refractivity contribution in [2.75, 3.05) is 0 Å². The SMILES string of the molecule is Cn1c2ccccc2c2cc3c(cc21)c1cc2c(cc1n3C)c1ccccc1n2-c1ccccc1. The fourth-order valence-corrected chi connectivity index (χ4v) is 6.17. The minimum absolute atomic E-state index is 1.19. The third-order valence-electron chi connectivity index (χ3n) is 7.85. The Morgan fingerprint density at radius 2 is 0.800 bits per heavy atom. The van der Waals surface area contributed by atoms with Gasteiger partial charge < -0.3 is 13.7 Å². The van der Waals surface area contributed by atoms with E-state index in [-0.39, 0.29) is 0 Å². The number of benzene rings is 5. The molecule has 0 saturated carbocycles. The minimum atomic E-state index is 1.19. The van der Waals surface area contributed by atoms with Crippen molar-refractivity contribution in [1.29, 1.82) is 0 Å². The van der Waals surface area contributed by atoms with E-state index in [0.717, 1.165) is 0 Å². The van der Waals surface area contributed by atoms with E-state index in [2.05, 4.69) is 131 Å². The summed E-state index contributed by atoms with van der Waals surface area (Å²) in [6.45, 7) is 0. The van der Waals surface area contributed by atoms with Crippen LogP contribution in [0.4, 0.5) is 0 Å². The summed E-state index contributed by atoms with van der Waals surface area (Å²) in [5.74, 6) is 0. The number of rotatable bonds is 1. The third-order valence-corrected chi connectivity index (χ3v) is 7.85. The van der Waals surface area contributed by atoms with Gasteiger partial charge in [-0.05, 0) is 48.5 Å². The highest BCUT2D eigenvalue weighted by Gasteiger charge is 2.18. The molecule has 3 heterocycles. The van der Waals surface area contributed by atoms with Crippen LogP contribution < -0.4 is 0 Å². The fourth-order valence-electron chi connectivity index (χ4n) is 6.17. The zero-order valence-corrected chi connectivity index (χ0v) is 19.7. The van der Waals surface area contributed by atoms with Gasteiger partial charge in [-0.25, -0.2) is 0 Å². The van der Waals surface area contributed by atoms with Gasteiger partial charge in [0.05, 0.1) is 11.0 Å². The first-order valence-electron chi connectivity index (χ1n) is 12.1. The Hall–Kier alpha value is -4.50. The molecule has 3 heteroatoms. The third kappa shape index (κ3) is 2.35. The van der Waals surface area contributed by atoms with Gasteiger partial charge in [-0.15, -0.1) is 0 Å². The summed E-state index contributed by atoms with van der Waals surface area (Å²) in [6.07, 6.45) is 0. The molecule has 0 atom stereocenters. The first-order chi connectivity index (χ1) is 17.2. The summed E-state index contributed by atoms with van der Waals surface area (Å²) < 4.78 is 7.08. The quantitative estimate of drug-likeness (QED) is 0.241. The van der Waals surface area contributed by atoms with Crippen LogP contribution in [0.2, 0.25) is 0 Å². The Morgan fingerprint density at radius 1 is 0.371 bits per heavy atom. The van der Waals surface area contributed by atoms with E-state index in [9.17, 15) is 0 Å². The molecule has 0 spiro atoms. The van der Waals surface area contributed by atoms with Gasteiger partial charge in [0.1, 0.15) is 0 Å². The van der Waals surface area contributed by atoms with Crippen molar-refractivity contribution in [3.8, 4) is 5.69 Å². The fraction of sp³-hybridized carbons (Fsp3) is 0.0625. The summed E-state index contributed by atoms with van der Waals surface area (Å²) in [4.78, 5) is 0. The Bertz CT molecular complexity index is 2120. The van der Waals surface area contributed by atoms with Crippen molar-refractivity contribution in [2.24, 2.45) is 14.1 Å². The predicted molar refractivity (Wildman–Crippen MR) is 149 cm³/mol. The molecule has 0 unspecified atom stereocenters. The number of hydrogen-bond donors (Lipinski definition) is 0. The highest BCUT2D eigenvalue weighted by Crippen LogP contribution is 2.40. The summed E-state index contributed by atoms with van der Waals surface area (Å²) in [5, 5.41) is 7.79. The van der Waals surface area contributed by atoms with Gasteiger partial charge in [0.15, 0.2) is 0 Å². The normalized spacial score (nSPS) is 12.3. The number of para-hydroxylation sites is 3. The lowest BCUT2D eigenvalue weighted by Crippen LogP contribution is -1.93. The Kier molecular flexibility index (Phi) is 3.53. The van der Waals surface area contributed by atoms with Crippen molar-refractivity contribution >= 4 is 65.4 Å². The van der Waals surface area contributed by atoms with Crippen LogP contribution in [0.5, 0.6) is 0 Å². The highest BCUT2D eigenvalue weighted by atomic mass is 15.0. The lowest BCUT2D eigenvalue weighted by Gasteiger charge is -2.07. The average Bonchev–Trinajstić information content (AvgIpc) is 3.48. The summed E-state index contributed by atoms with van der Waals surface area (Å²) >= 11 is 0. The van der Waals surface area contributed by atoms with Crippen LogP contribution in [0.1, 0.15) is 0 Å². The van der Waals surface area contributed by atoms with E-state index in [1.54, 1.807) is 0 Å². The van der Waals surface area contributed by atoms with Gasteiger partial charge in [0.25, 0.3) is 0 Å². The molecule has 5 aromatic carbocycles. The molecule has 0 aliphatic rings. The zero-order valence-electron chi connectivity index (χ0n) is 19.7. The van der Waals surface area contributed by atoms with Crippen molar-refractivity contribution in [1.82, 2.24) is 13.7 Å². The minimum Gasteiger partial charge on any atom is -0.344 e. The molecular formula is C32H23N3. The molecule has 0 aliphatic heterocycles. The molecule has 0 aliphatic carbocycles. The van der Waals surface area contributed by atoms with Crippen LogP contribution in [0.3, 0.4) is 0 Å². The second-order valence-electron chi connectivity index (χ2n) is 9.60. The highest BCUT2D eigenvalue weighted by molar-refractivity contribution is 6.21. The topological polar surface area (TPSA) is 14.8 Å². The van der Waals surface area contributed by atoms with Crippen molar-refractivity contribution in [3.63, 3.8) is 0 Å². The maximum absolute atomic E-state index is 2.40. The van der Waals surface area contributed by atoms with Crippen molar-refractivity contribution < 1.29 is 0 Å². The van der Waals surface area contributed by atoms with Gasteiger partial charge in [-0.2, -0.15) is 0 Å². The van der Waals surface area contributed by atoms with E-state index in [0.29, 0.717) is 0 Å². The number of hydrogen-bond acceptors (Lipinski definition) is 0. The second-order valence-corrected chi connectivity index (χ2v) is 9.60. The Balaban J connectivity index is 1.57. The number of fused-ring (bicyclic) bond motifs is 9. The van der Waals surface area contributed by atoms with Gasteiger partial charge in [-0.3, -0.25) is 0 Å². The van der Waals surface area contributed by atoms with E-state index >= 15 is 0 Å². The molecule has 0 N–H and O–H groups in total. The molecule has 166 valence electrons. The van der Waals surface area contributed by atoms with Crippen LogP contribution in [0, 0.1) is 0 Å². The molecule has 35 heavy (non-hydrogen) atoms. The second kappa shape index (κ2) is 6.55. The molecule has 8 rings (SSSR count). The average molecular weight is 450 g/mol. The van der Waals surface area contributed by atoms with Crippen LogP contribution in [-0.2, 0) is 14.1 Å². The van der Waals surface area contributed by atoms with Gasteiger partial charge in [0.2, 0.25) is 0 Å². The largest absolute Gasteiger partial charge is 0.344 e. The maximum Gasteiger partial charge on any atom is 0.0548 e. The molecular weight excluding hydrogens is 426 g/mol. The number of nitrogens with zero attached hydrogens (tertiary/aromatic N) is 3. The van der Waals surface area contributed by atoms with E-state index < -0.39 is 0 Å². The molecule has 3 aromatic heterocycles. The first kappa shape index (κ1) is 18.9. The van der Waals surface area contributed by atoms with Crippen LogP contribution in [0.25, 0.3) is 71.1 Å². The molecule has 3 nitrogen and oxygen atoms in total. The van der Waals surface area contributed by atoms with E-state index in [4.69, 9.17) is 0 Å². The molecule has 0 bridgehead atoms.